The summed E-state index contributed by atoms with van der Waals surface area (Å²) in [5, 5.41) is -0.564. The van der Waals surface area contributed by atoms with Crippen molar-refractivity contribution in [1.82, 2.24) is 9.71 Å². The highest BCUT2D eigenvalue weighted by atomic mass is 35.5. The number of hydrogen-bond donors (Lipinski definition) is 1. The molecule has 1 aliphatic rings. The lowest BCUT2D eigenvalue weighted by Crippen LogP contribution is -2.30. The lowest BCUT2D eigenvalue weighted by atomic mass is 9.96. The molecule has 1 unspecified atom stereocenters. The number of rotatable bonds is 7. The Morgan fingerprint density at radius 1 is 1.32 bits per heavy atom. The van der Waals surface area contributed by atoms with Crippen LogP contribution in [0.1, 0.15) is 27.3 Å². The summed E-state index contributed by atoms with van der Waals surface area (Å²) in [6.45, 7) is 0.151. The third-order valence-electron chi connectivity index (χ3n) is 4.86. The number of fused-ring (bicyclic) bond motifs is 1. The largest absolute Gasteiger partial charge is 0.496 e. The molecule has 1 N–H and O–H groups in total. The Labute approximate surface area is 204 Å². The standard InChI is InChI=1S/C22H19ClFN3O5S2/c1-31-18-8-15(21(28)27-34(2,29)30)16(24)7-14(18)13-9-22(23,12-25-10-13)32-11-20-26-17-5-3-4-6-19(17)33-20/h3-8,10,12H,9,11H2,1-2H3,(H,27,28). The average molecular weight is 524 g/mol. The first-order valence-corrected chi connectivity index (χ1v) is 13.0. The molecule has 12 heteroatoms. The molecule has 34 heavy (non-hydrogen) atoms. The van der Waals surface area contributed by atoms with Crippen LogP contribution in [0, 0.1) is 5.82 Å². The number of aliphatic imine (C=N–C) groups is 1. The van der Waals surface area contributed by atoms with E-state index in [0.29, 0.717) is 11.1 Å². The normalized spacial score (nSPS) is 18.1. The smallest absolute Gasteiger partial charge is 0.267 e. The highest BCUT2D eigenvalue weighted by Crippen LogP contribution is 2.38. The number of alkyl halides is 1. The highest BCUT2D eigenvalue weighted by Gasteiger charge is 2.32. The highest BCUT2D eigenvalue weighted by molar-refractivity contribution is 7.89. The molecule has 0 bridgehead atoms. The summed E-state index contributed by atoms with van der Waals surface area (Å²) in [7, 11) is -2.52. The van der Waals surface area contributed by atoms with Crippen LogP contribution in [0.3, 0.4) is 0 Å². The van der Waals surface area contributed by atoms with Gasteiger partial charge in [0.05, 0.1) is 35.4 Å². The summed E-state index contributed by atoms with van der Waals surface area (Å²) in [6, 6.07) is 9.92. The topological polar surface area (TPSA) is 107 Å². The van der Waals surface area contributed by atoms with Crippen molar-refractivity contribution in [2.45, 2.75) is 18.1 Å². The van der Waals surface area contributed by atoms with Crippen molar-refractivity contribution in [3.05, 3.63) is 64.5 Å². The van der Waals surface area contributed by atoms with Gasteiger partial charge < -0.3 is 9.47 Å². The Morgan fingerprint density at radius 3 is 2.79 bits per heavy atom. The third kappa shape index (κ3) is 5.44. The number of carbonyl (C=O) groups excluding carboxylic acids is 1. The van der Waals surface area contributed by atoms with Crippen molar-refractivity contribution in [1.29, 1.82) is 0 Å². The minimum atomic E-state index is -3.87. The van der Waals surface area contributed by atoms with Crippen LogP contribution < -0.4 is 9.46 Å². The van der Waals surface area contributed by atoms with Crippen LogP contribution in [0.2, 0.25) is 0 Å². The van der Waals surface area contributed by atoms with Gasteiger partial charge in [0.1, 0.15) is 23.2 Å². The van der Waals surface area contributed by atoms with Crippen molar-refractivity contribution < 1.29 is 27.1 Å². The van der Waals surface area contributed by atoms with E-state index in [1.54, 1.807) is 4.72 Å². The molecule has 3 aromatic rings. The fourth-order valence-corrected chi connectivity index (χ4v) is 4.96. The van der Waals surface area contributed by atoms with E-state index in [1.165, 1.54) is 30.9 Å². The van der Waals surface area contributed by atoms with Gasteiger partial charge in [-0.3, -0.25) is 9.79 Å². The molecule has 1 amide bonds. The number of methoxy groups -OCH3 is 1. The number of ether oxygens (including phenoxy) is 2. The summed E-state index contributed by atoms with van der Waals surface area (Å²) in [4.78, 5) is 20.8. The second kappa shape index (κ2) is 9.41. The number of para-hydroxylation sites is 1. The summed E-state index contributed by atoms with van der Waals surface area (Å²) >= 11 is 8.15. The van der Waals surface area contributed by atoms with Crippen LogP contribution in [-0.2, 0) is 21.4 Å². The Morgan fingerprint density at radius 2 is 2.09 bits per heavy atom. The molecule has 1 atom stereocenters. The monoisotopic (exact) mass is 523 g/mol. The van der Waals surface area contributed by atoms with Crippen molar-refractivity contribution >= 4 is 60.9 Å². The molecular weight excluding hydrogens is 505 g/mol. The molecule has 0 fully saturated rings. The van der Waals surface area contributed by atoms with E-state index in [0.717, 1.165) is 33.6 Å². The molecule has 8 nitrogen and oxygen atoms in total. The van der Waals surface area contributed by atoms with Crippen molar-refractivity contribution in [3.8, 4) is 5.75 Å². The van der Waals surface area contributed by atoms with E-state index in [9.17, 15) is 17.6 Å². The number of thiazole rings is 1. The molecule has 0 saturated carbocycles. The van der Waals surface area contributed by atoms with Gasteiger partial charge >= 0.3 is 0 Å². The third-order valence-corrected chi connectivity index (χ3v) is 6.77. The Hall–Kier alpha value is -2.86. The van der Waals surface area contributed by atoms with Crippen LogP contribution >= 0.6 is 22.9 Å². The van der Waals surface area contributed by atoms with Gasteiger partial charge in [0.2, 0.25) is 10.0 Å². The van der Waals surface area contributed by atoms with Gasteiger partial charge in [0.15, 0.2) is 5.06 Å². The molecule has 2 heterocycles. The van der Waals surface area contributed by atoms with Gasteiger partial charge in [-0.05, 0) is 29.8 Å². The van der Waals surface area contributed by atoms with E-state index < -0.39 is 32.4 Å². The number of nitrogens with zero attached hydrogens (tertiary/aromatic N) is 2. The average Bonchev–Trinajstić information content (AvgIpc) is 3.19. The first kappa shape index (κ1) is 24.3. The van der Waals surface area contributed by atoms with Crippen LogP contribution in [0.25, 0.3) is 15.8 Å². The molecule has 4 rings (SSSR count). The zero-order chi connectivity index (χ0) is 24.5. The van der Waals surface area contributed by atoms with Crippen LogP contribution in [-0.4, -0.2) is 43.9 Å². The lowest BCUT2D eigenvalue weighted by molar-refractivity contribution is 0.0603. The molecular formula is C22H19ClFN3O5S2. The minimum Gasteiger partial charge on any atom is -0.496 e. The van der Waals surface area contributed by atoms with E-state index in [2.05, 4.69) is 9.98 Å². The number of nitrogens with one attached hydrogen (secondary N) is 1. The predicted octanol–water partition coefficient (Wildman–Crippen LogP) is 4.10. The Kier molecular flexibility index (Phi) is 6.72. The number of halogens is 2. The maximum atomic E-state index is 14.8. The first-order chi connectivity index (χ1) is 16.1. The molecule has 178 valence electrons. The number of sulfonamides is 1. The number of hydrogen-bond acceptors (Lipinski definition) is 8. The SMILES string of the molecule is COc1cc(C(=O)NS(C)(=O)=O)c(F)cc1C1=CN=CC(Cl)(OCc2nc3ccccc3s2)C1. The summed E-state index contributed by atoms with van der Waals surface area (Å²) in [6.07, 6.45) is 3.87. The van der Waals surface area contributed by atoms with Gasteiger partial charge in [-0.1, -0.05) is 23.7 Å². The molecule has 0 aliphatic carbocycles. The zero-order valence-electron chi connectivity index (χ0n) is 18.0. The van der Waals surface area contributed by atoms with E-state index in [4.69, 9.17) is 21.1 Å². The zero-order valence-corrected chi connectivity index (χ0v) is 20.4. The fraction of sp³-hybridized carbons (Fsp3) is 0.227. The van der Waals surface area contributed by atoms with E-state index >= 15 is 0 Å². The van der Waals surface area contributed by atoms with Crippen LogP contribution in [0.5, 0.6) is 5.75 Å². The fourth-order valence-electron chi connectivity index (χ4n) is 3.38. The van der Waals surface area contributed by atoms with Crippen LogP contribution in [0.15, 0.2) is 47.6 Å². The maximum Gasteiger partial charge on any atom is 0.267 e. The van der Waals surface area contributed by atoms with Crippen LogP contribution in [0.4, 0.5) is 4.39 Å². The molecule has 0 saturated heterocycles. The van der Waals surface area contributed by atoms with Gasteiger partial charge in [-0.15, -0.1) is 11.3 Å². The Balaban J connectivity index is 1.54. The number of amides is 1. The minimum absolute atomic E-state index is 0.133. The number of carbonyl (C=O) groups is 1. The van der Waals surface area contributed by atoms with Crippen molar-refractivity contribution in [3.63, 3.8) is 0 Å². The van der Waals surface area contributed by atoms with Gasteiger partial charge in [-0.25, -0.2) is 22.5 Å². The number of benzene rings is 2. The lowest BCUT2D eigenvalue weighted by Gasteiger charge is -2.27. The molecule has 2 aromatic carbocycles. The van der Waals surface area contributed by atoms with E-state index in [-0.39, 0.29) is 18.8 Å². The predicted molar refractivity (Wildman–Crippen MR) is 129 cm³/mol. The summed E-state index contributed by atoms with van der Waals surface area (Å²) in [5.74, 6) is -1.89. The molecule has 1 aliphatic heterocycles. The van der Waals surface area contributed by atoms with Gasteiger partial charge in [0.25, 0.3) is 5.91 Å². The maximum absolute atomic E-state index is 14.8. The van der Waals surface area contributed by atoms with Gasteiger partial charge in [-0.2, -0.15) is 0 Å². The quantitative estimate of drug-likeness (QED) is 0.467. The first-order valence-electron chi connectivity index (χ1n) is 9.87. The number of aromatic nitrogens is 1. The van der Waals surface area contributed by atoms with Crippen molar-refractivity contribution in [2.75, 3.05) is 13.4 Å². The van der Waals surface area contributed by atoms with Crippen molar-refractivity contribution in [2.24, 2.45) is 4.99 Å². The molecule has 0 radical (unpaired) electrons. The molecule has 0 spiro atoms. The Bertz CT molecular complexity index is 1400. The second-order valence-corrected chi connectivity index (χ2v) is 11.0. The summed E-state index contributed by atoms with van der Waals surface area (Å²) < 4.78 is 51.4. The van der Waals surface area contributed by atoms with E-state index in [1.807, 2.05) is 24.3 Å². The summed E-state index contributed by atoms with van der Waals surface area (Å²) in [5.41, 5.74) is 1.21. The van der Waals surface area contributed by atoms with Gasteiger partial charge in [0, 0.05) is 18.2 Å². The second-order valence-electron chi connectivity index (χ2n) is 7.50. The molecule has 1 aromatic heterocycles.